The Morgan fingerprint density at radius 2 is 2.04 bits per heavy atom. The van der Waals surface area contributed by atoms with E-state index in [0.29, 0.717) is 5.46 Å². The lowest BCUT2D eigenvalue weighted by atomic mass is 9.82. The van der Waals surface area contributed by atoms with Crippen molar-refractivity contribution in [3.63, 3.8) is 0 Å². The molecule has 1 aromatic heterocycles. The first kappa shape index (κ1) is 18.4. The quantitative estimate of drug-likeness (QED) is 0.640. The first-order valence-corrected chi connectivity index (χ1v) is 7.45. The molecule has 2 aromatic rings. The Hall–Kier alpha value is -1.93. The predicted octanol–water partition coefficient (Wildman–Crippen LogP) is 1.84. The number of oxazole rings is 1. The maximum absolute atomic E-state index is 14.1. The van der Waals surface area contributed by atoms with Crippen molar-refractivity contribution in [1.82, 2.24) is 4.98 Å². The number of carbonyl (C=O) groups excluding carboxylic acids is 1. The Balaban J connectivity index is 2.19. The molecule has 0 bridgehead atoms. The van der Waals surface area contributed by atoms with Gasteiger partial charge in [-0.2, -0.15) is 0 Å². The Kier molecular flexibility index (Phi) is 5.01. The molecule has 0 aliphatic rings. The third-order valence-electron chi connectivity index (χ3n) is 3.87. The molecule has 0 aliphatic carbocycles. The van der Waals surface area contributed by atoms with E-state index in [4.69, 9.17) is 13.8 Å². The van der Waals surface area contributed by atoms with E-state index in [2.05, 4.69) is 4.98 Å². The van der Waals surface area contributed by atoms with Crippen LogP contribution < -0.4 is 5.46 Å². The van der Waals surface area contributed by atoms with Crippen LogP contribution in [0.2, 0.25) is 0 Å². The molecular weight excluding hydrogens is 316 g/mol. The fourth-order valence-electron chi connectivity index (χ4n) is 1.71. The highest BCUT2D eigenvalue weighted by Crippen LogP contribution is 2.24. The smallest absolute Gasteiger partial charge is 0.331 e. The summed E-state index contributed by atoms with van der Waals surface area (Å²) in [6, 6.07) is 2.82. The van der Waals surface area contributed by atoms with E-state index in [0.717, 1.165) is 0 Å². The second-order valence-electron chi connectivity index (χ2n) is 6.54. The standard InChI is InChI=1S/C16H20BFNO5/c1-9(20)22-8-13-19-12-7-10(6-11(18)14(12)23-13)17-24-16(4,5)15(2,3)21/h6-7,21H,8H2,1-5H3. The Labute approximate surface area is 140 Å². The van der Waals surface area contributed by atoms with Gasteiger partial charge in [-0.15, -0.1) is 0 Å². The Bertz CT molecular complexity index is 751. The van der Waals surface area contributed by atoms with Gasteiger partial charge in [0.1, 0.15) is 5.52 Å². The maximum atomic E-state index is 14.1. The normalized spacial score (nSPS) is 12.5. The van der Waals surface area contributed by atoms with Gasteiger partial charge in [-0.1, -0.05) is 0 Å². The zero-order valence-corrected chi connectivity index (χ0v) is 14.3. The van der Waals surface area contributed by atoms with Crippen LogP contribution in [-0.4, -0.2) is 34.7 Å². The largest absolute Gasteiger partial charge is 0.456 e. The van der Waals surface area contributed by atoms with E-state index >= 15 is 0 Å². The third kappa shape index (κ3) is 4.13. The number of esters is 1. The summed E-state index contributed by atoms with van der Waals surface area (Å²) in [4.78, 5) is 14.9. The summed E-state index contributed by atoms with van der Waals surface area (Å²) >= 11 is 0. The summed E-state index contributed by atoms with van der Waals surface area (Å²) in [7, 11) is 1.36. The summed E-state index contributed by atoms with van der Waals surface area (Å²) in [6.07, 6.45) is 0. The van der Waals surface area contributed by atoms with E-state index in [-0.39, 0.29) is 23.6 Å². The van der Waals surface area contributed by atoms with Gasteiger partial charge in [0.25, 0.3) is 0 Å². The molecule has 1 heterocycles. The number of nitrogens with zero attached hydrogens (tertiary/aromatic N) is 1. The minimum atomic E-state index is -1.09. The maximum Gasteiger partial charge on any atom is 0.331 e. The first-order chi connectivity index (χ1) is 11.0. The van der Waals surface area contributed by atoms with Gasteiger partial charge in [0.15, 0.2) is 18.0 Å². The highest BCUT2D eigenvalue weighted by Gasteiger charge is 2.35. The lowest BCUT2D eigenvalue weighted by molar-refractivity contribution is -0.142. The van der Waals surface area contributed by atoms with Crippen LogP contribution in [0.15, 0.2) is 16.5 Å². The van der Waals surface area contributed by atoms with Gasteiger partial charge < -0.3 is 18.9 Å². The lowest BCUT2D eigenvalue weighted by Gasteiger charge is -2.37. The molecule has 129 valence electrons. The molecule has 2 rings (SSSR count). The number of aromatic nitrogens is 1. The summed E-state index contributed by atoms with van der Waals surface area (Å²) < 4.78 is 29.8. The molecule has 1 aromatic carbocycles. The SMILES string of the molecule is CC(=O)OCc1nc2cc([B]OC(C)(C)C(C)(C)O)cc(F)c2o1. The molecule has 0 amide bonds. The molecule has 1 radical (unpaired) electrons. The van der Waals surface area contributed by atoms with Crippen molar-refractivity contribution in [2.45, 2.75) is 52.4 Å². The molecule has 0 saturated carbocycles. The molecule has 8 heteroatoms. The number of carbonyl (C=O) groups is 1. The van der Waals surface area contributed by atoms with Crippen LogP contribution in [0.5, 0.6) is 0 Å². The number of ether oxygens (including phenoxy) is 1. The van der Waals surface area contributed by atoms with Gasteiger partial charge in [-0.05, 0) is 45.3 Å². The number of hydrogen-bond acceptors (Lipinski definition) is 6. The minimum absolute atomic E-state index is 0.0175. The first-order valence-electron chi connectivity index (χ1n) is 7.45. The summed E-state index contributed by atoms with van der Waals surface area (Å²) in [5.74, 6) is -0.979. The Morgan fingerprint density at radius 1 is 1.38 bits per heavy atom. The zero-order valence-electron chi connectivity index (χ0n) is 14.3. The third-order valence-corrected chi connectivity index (χ3v) is 3.87. The van der Waals surface area contributed by atoms with Gasteiger partial charge in [0.05, 0.1) is 11.2 Å². The van der Waals surface area contributed by atoms with Crippen LogP contribution in [-0.2, 0) is 20.8 Å². The van der Waals surface area contributed by atoms with Crippen LogP contribution in [0, 0.1) is 5.82 Å². The van der Waals surface area contributed by atoms with Crippen molar-refractivity contribution in [3.8, 4) is 0 Å². The number of benzene rings is 1. The van der Waals surface area contributed by atoms with Crippen molar-refractivity contribution in [2.75, 3.05) is 0 Å². The fourth-order valence-corrected chi connectivity index (χ4v) is 1.71. The second-order valence-corrected chi connectivity index (χ2v) is 6.54. The lowest BCUT2D eigenvalue weighted by Crippen LogP contribution is -2.49. The van der Waals surface area contributed by atoms with Crippen molar-refractivity contribution in [1.29, 1.82) is 0 Å². The molecular formula is C16H20BFNO5. The Morgan fingerprint density at radius 3 is 2.62 bits per heavy atom. The molecule has 0 atom stereocenters. The zero-order chi connectivity index (χ0) is 18.1. The highest BCUT2D eigenvalue weighted by atomic mass is 19.1. The number of hydrogen-bond donors (Lipinski definition) is 1. The molecule has 0 fully saturated rings. The fraction of sp³-hybridized carbons (Fsp3) is 0.500. The number of rotatable bonds is 6. The minimum Gasteiger partial charge on any atom is -0.456 e. The summed E-state index contributed by atoms with van der Waals surface area (Å²) in [6.45, 7) is 7.81. The number of aliphatic hydroxyl groups is 1. The summed E-state index contributed by atoms with van der Waals surface area (Å²) in [5, 5.41) is 10.1. The molecule has 1 N–H and O–H groups in total. The van der Waals surface area contributed by atoms with Crippen molar-refractivity contribution >= 4 is 30.0 Å². The van der Waals surface area contributed by atoms with Gasteiger partial charge in [-0.3, -0.25) is 4.79 Å². The van der Waals surface area contributed by atoms with E-state index < -0.39 is 23.0 Å². The van der Waals surface area contributed by atoms with Crippen LogP contribution in [0.3, 0.4) is 0 Å². The van der Waals surface area contributed by atoms with E-state index in [9.17, 15) is 14.3 Å². The van der Waals surface area contributed by atoms with Crippen LogP contribution in [0.25, 0.3) is 11.1 Å². The molecule has 0 aliphatic heterocycles. The average Bonchev–Trinajstić information content (AvgIpc) is 2.85. The van der Waals surface area contributed by atoms with Gasteiger partial charge >= 0.3 is 13.5 Å². The van der Waals surface area contributed by atoms with Gasteiger partial charge in [-0.25, -0.2) is 9.37 Å². The molecule has 0 saturated heterocycles. The average molecular weight is 336 g/mol. The molecule has 0 spiro atoms. The van der Waals surface area contributed by atoms with E-state index in [1.165, 1.54) is 20.5 Å². The molecule has 6 nitrogen and oxygen atoms in total. The van der Waals surface area contributed by atoms with Gasteiger partial charge in [0, 0.05) is 6.92 Å². The van der Waals surface area contributed by atoms with Crippen molar-refractivity contribution in [2.24, 2.45) is 0 Å². The highest BCUT2D eigenvalue weighted by molar-refractivity contribution is 6.47. The van der Waals surface area contributed by atoms with Crippen molar-refractivity contribution < 1.29 is 28.1 Å². The van der Waals surface area contributed by atoms with Crippen LogP contribution in [0.4, 0.5) is 4.39 Å². The predicted molar refractivity (Wildman–Crippen MR) is 86.3 cm³/mol. The topological polar surface area (TPSA) is 81.8 Å². The number of fused-ring (bicyclic) bond motifs is 1. The monoisotopic (exact) mass is 336 g/mol. The van der Waals surface area contributed by atoms with Crippen LogP contribution >= 0.6 is 0 Å². The second kappa shape index (κ2) is 6.53. The summed E-state index contributed by atoms with van der Waals surface area (Å²) in [5.41, 5.74) is -1.26. The van der Waals surface area contributed by atoms with Gasteiger partial charge in [0.2, 0.25) is 5.89 Å². The number of halogens is 1. The molecule has 24 heavy (non-hydrogen) atoms. The van der Waals surface area contributed by atoms with Crippen LogP contribution in [0.1, 0.15) is 40.5 Å². The van der Waals surface area contributed by atoms with Crippen molar-refractivity contribution in [3.05, 3.63) is 23.8 Å². The van der Waals surface area contributed by atoms with E-state index in [1.807, 2.05) is 0 Å². The van der Waals surface area contributed by atoms with E-state index in [1.54, 1.807) is 33.8 Å². The molecule has 0 unspecified atom stereocenters.